The van der Waals surface area contributed by atoms with Crippen molar-refractivity contribution in [1.29, 1.82) is 0 Å². The lowest BCUT2D eigenvalue weighted by atomic mass is 10.1. The van der Waals surface area contributed by atoms with Crippen LogP contribution in [0.15, 0.2) is 29.3 Å². The molecule has 0 aliphatic heterocycles. The molecule has 1 atom stereocenters. The first-order valence-corrected chi connectivity index (χ1v) is 7.35. The average molecular weight is 336 g/mol. The second kappa shape index (κ2) is 10.8. The Kier molecular flexibility index (Phi) is 8.63. The molecule has 1 aromatic rings. The molecule has 1 unspecified atom stereocenters. The highest BCUT2D eigenvalue weighted by molar-refractivity contribution is 5.82. The number of methoxy groups -OCH3 is 2. The van der Waals surface area contributed by atoms with Crippen molar-refractivity contribution < 1.29 is 28.6 Å². The molecule has 0 heterocycles. The van der Waals surface area contributed by atoms with Gasteiger partial charge in [-0.1, -0.05) is 12.1 Å². The standard InChI is InChI=1S/C16H20N2O6/c1-22-13-8-3-4-9-14(13)24-16(21)18-12(15(20)23-2)7-5-6-10-17-11-19/h3-4,8-9,12H,5-7,10H2,1-2H3,(H,18,21). The number of carbonyl (C=O) groups excluding carboxylic acids is 3. The van der Waals surface area contributed by atoms with Crippen LogP contribution in [-0.2, 0) is 14.3 Å². The number of nitrogens with one attached hydrogen (secondary N) is 1. The third kappa shape index (κ3) is 6.50. The third-order valence-electron chi connectivity index (χ3n) is 3.13. The van der Waals surface area contributed by atoms with Gasteiger partial charge in [-0.3, -0.25) is 0 Å². The molecule has 0 radical (unpaired) electrons. The van der Waals surface area contributed by atoms with Crippen molar-refractivity contribution in [1.82, 2.24) is 5.32 Å². The Labute approximate surface area is 139 Å². The molecule has 0 fully saturated rings. The van der Waals surface area contributed by atoms with Crippen LogP contribution in [-0.4, -0.2) is 44.9 Å². The SMILES string of the molecule is COC(=O)C(CCCCN=C=O)NC(=O)Oc1ccccc1OC. The minimum absolute atomic E-state index is 0.237. The highest BCUT2D eigenvalue weighted by atomic mass is 16.6. The lowest BCUT2D eigenvalue weighted by molar-refractivity contribution is -0.143. The van der Waals surface area contributed by atoms with Crippen LogP contribution in [0, 0.1) is 0 Å². The Morgan fingerprint density at radius 3 is 2.54 bits per heavy atom. The van der Waals surface area contributed by atoms with Gasteiger partial charge in [-0.25, -0.2) is 19.4 Å². The summed E-state index contributed by atoms with van der Waals surface area (Å²) in [7, 11) is 2.69. The molecule has 8 nitrogen and oxygen atoms in total. The first-order chi connectivity index (χ1) is 11.6. The van der Waals surface area contributed by atoms with E-state index in [1.807, 2.05) is 0 Å². The van der Waals surface area contributed by atoms with Gasteiger partial charge >= 0.3 is 12.1 Å². The van der Waals surface area contributed by atoms with Crippen LogP contribution in [0.1, 0.15) is 19.3 Å². The summed E-state index contributed by atoms with van der Waals surface area (Å²) < 4.78 is 14.9. The molecule has 0 aliphatic rings. The number of carbonyl (C=O) groups is 2. The molecule has 8 heteroatoms. The largest absolute Gasteiger partial charge is 0.493 e. The number of para-hydroxylation sites is 2. The molecule has 1 rings (SSSR count). The number of esters is 1. The second-order valence-corrected chi connectivity index (χ2v) is 4.73. The molecule has 0 bridgehead atoms. The summed E-state index contributed by atoms with van der Waals surface area (Å²) in [6.45, 7) is 0.322. The van der Waals surface area contributed by atoms with Crippen molar-refractivity contribution in [3.8, 4) is 11.5 Å². The summed E-state index contributed by atoms with van der Waals surface area (Å²) in [5.41, 5.74) is 0. The molecule has 1 amide bonds. The number of isocyanates is 1. The molecular formula is C16H20N2O6. The zero-order chi connectivity index (χ0) is 17.8. The van der Waals surface area contributed by atoms with Gasteiger partial charge in [-0.05, 0) is 31.4 Å². The van der Waals surface area contributed by atoms with Crippen LogP contribution in [0.4, 0.5) is 4.79 Å². The van der Waals surface area contributed by atoms with Crippen LogP contribution in [0.5, 0.6) is 11.5 Å². The van der Waals surface area contributed by atoms with Gasteiger partial charge in [0.25, 0.3) is 0 Å². The van der Waals surface area contributed by atoms with Gasteiger partial charge in [0.05, 0.1) is 20.8 Å². The summed E-state index contributed by atoms with van der Waals surface area (Å²) in [5.74, 6) is 0.0568. The first-order valence-electron chi connectivity index (χ1n) is 7.35. The van der Waals surface area contributed by atoms with E-state index in [1.165, 1.54) is 20.3 Å². The molecule has 1 aromatic carbocycles. The van der Waals surface area contributed by atoms with Crippen molar-refractivity contribution >= 4 is 18.1 Å². The Balaban J connectivity index is 2.59. The molecule has 0 saturated carbocycles. The number of unbranched alkanes of at least 4 members (excludes halogenated alkanes) is 1. The van der Waals surface area contributed by atoms with Crippen molar-refractivity contribution in [3.05, 3.63) is 24.3 Å². The van der Waals surface area contributed by atoms with Gasteiger partial charge in [-0.2, -0.15) is 0 Å². The van der Waals surface area contributed by atoms with Crippen molar-refractivity contribution in [2.75, 3.05) is 20.8 Å². The molecule has 24 heavy (non-hydrogen) atoms. The van der Waals surface area contributed by atoms with Crippen molar-refractivity contribution in [3.63, 3.8) is 0 Å². The second-order valence-electron chi connectivity index (χ2n) is 4.73. The van der Waals surface area contributed by atoms with E-state index >= 15 is 0 Å². The number of hydrogen-bond acceptors (Lipinski definition) is 7. The zero-order valence-corrected chi connectivity index (χ0v) is 13.6. The molecule has 130 valence electrons. The van der Waals surface area contributed by atoms with E-state index in [0.717, 1.165) is 0 Å². The summed E-state index contributed by atoms with van der Waals surface area (Å²) in [6.07, 6.45) is 2.14. The van der Waals surface area contributed by atoms with Gasteiger partial charge in [0.15, 0.2) is 11.5 Å². The predicted octanol–water partition coefficient (Wildman–Crippen LogP) is 1.83. The lowest BCUT2D eigenvalue weighted by Crippen LogP contribution is -2.42. The summed E-state index contributed by atoms with van der Waals surface area (Å²) in [6, 6.07) is 5.80. The minimum atomic E-state index is -0.850. The highest BCUT2D eigenvalue weighted by Crippen LogP contribution is 2.25. The van der Waals surface area contributed by atoms with Gasteiger partial charge in [0.1, 0.15) is 6.04 Å². The molecule has 0 aliphatic carbocycles. The van der Waals surface area contributed by atoms with Crippen LogP contribution in [0.25, 0.3) is 0 Å². The molecule has 0 aromatic heterocycles. The number of hydrogen-bond donors (Lipinski definition) is 1. The van der Waals surface area contributed by atoms with E-state index in [2.05, 4.69) is 15.0 Å². The van der Waals surface area contributed by atoms with Crippen molar-refractivity contribution in [2.45, 2.75) is 25.3 Å². The molecule has 1 N–H and O–H groups in total. The van der Waals surface area contributed by atoms with E-state index in [1.54, 1.807) is 24.3 Å². The van der Waals surface area contributed by atoms with E-state index in [9.17, 15) is 14.4 Å². The van der Waals surface area contributed by atoms with E-state index in [0.29, 0.717) is 31.6 Å². The smallest absolute Gasteiger partial charge is 0.413 e. The van der Waals surface area contributed by atoms with Crippen molar-refractivity contribution in [2.24, 2.45) is 4.99 Å². The van der Waals surface area contributed by atoms with E-state index in [4.69, 9.17) is 9.47 Å². The maximum atomic E-state index is 12.0. The fraction of sp³-hybridized carbons (Fsp3) is 0.438. The number of aliphatic imine (C=N–C) groups is 1. The Bertz CT molecular complexity index is 598. The van der Waals surface area contributed by atoms with Gasteiger partial charge < -0.3 is 19.5 Å². The monoisotopic (exact) mass is 336 g/mol. The Hall–Kier alpha value is -2.86. The number of benzene rings is 1. The minimum Gasteiger partial charge on any atom is -0.493 e. The zero-order valence-electron chi connectivity index (χ0n) is 13.6. The number of nitrogens with zero attached hydrogens (tertiary/aromatic N) is 1. The maximum absolute atomic E-state index is 12.0. The fourth-order valence-corrected chi connectivity index (χ4v) is 1.95. The molecule has 0 spiro atoms. The molecule has 0 saturated heterocycles. The van der Waals surface area contributed by atoms with Gasteiger partial charge in [0, 0.05) is 0 Å². The summed E-state index contributed by atoms with van der Waals surface area (Å²) >= 11 is 0. The van der Waals surface area contributed by atoms with Crippen LogP contribution >= 0.6 is 0 Å². The van der Waals surface area contributed by atoms with Crippen LogP contribution < -0.4 is 14.8 Å². The first kappa shape index (κ1) is 19.2. The quantitative estimate of drug-likeness (QED) is 0.319. The normalized spacial score (nSPS) is 10.9. The maximum Gasteiger partial charge on any atom is 0.413 e. The van der Waals surface area contributed by atoms with E-state index < -0.39 is 18.1 Å². The fourth-order valence-electron chi connectivity index (χ4n) is 1.95. The van der Waals surface area contributed by atoms with Gasteiger partial charge in [0.2, 0.25) is 6.08 Å². The number of ether oxygens (including phenoxy) is 3. The van der Waals surface area contributed by atoms with Crippen LogP contribution in [0.3, 0.4) is 0 Å². The predicted molar refractivity (Wildman–Crippen MR) is 84.8 cm³/mol. The van der Waals surface area contributed by atoms with Crippen LogP contribution in [0.2, 0.25) is 0 Å². The number of rotatable bonds is 9. The molecular weight excluding hydrogens is 316 g/mol. The summed E-state index contributed by atoms with van der Waals surface area (Å²) in [4.78, 5) is 37.1. The average Bonchev–Trinajstić information content (AvgIpc) is 2.60. The number of amides is 1. The Morgan fingerprint density at radius 2 is 1.92 bits per heavy atom. The third-order valence-corrected chi connectivity index (χ3v) is 3.13. The Morgan fingerprint density at radius 1 is 1.21 bits per heavy atom. The van der Waals surface area contributed by atoms with Gasteiger partial charge in [-0.15, -0.1) is 0 Å². The lowest BCUT2D eigenvalue weighted by Gasteiger charge is -2.16. The van der Waals surface area contributed by atoms with E-state index in [-0.39, 0.29) is 5.75 Å². The topological polar surface area (TPSA) is 103 Å². The highest BCUT2D eigenvalue weighted by Gasteiger charge is 2.22. The summed E-state index contributed by atoms with van der Waals surface area (Å²) in [5, 5.41) is 2.46.